The highest BCUT2D eigenvalue weighted by Crippen LogP contribution is 2.04. The first-order valence-electron chi connectivity index (χ1n) is 6.27. The average molecular weight is 293 g/mol. The maximum atomic E-state index is 11.8. The van der Waals surface area contributed by atoms with Gasteiger partial charge in [-0.05, 0) is 30.1 Å². The zero-order valence-electron chi connectivity index (χ0n) is 11.7. The smallest absolute Gasteiger partial charge is 0.328 e. The standard InChI is InChI=1S/C15H19NO3S/c1-19-15(18)13(10-11-20-2)16-14(17)9-8-12-6-4-3-5-7-12/h3-9,13H,10-11H2,1-2H3,(H,16,17)/b9-8+. The Labute approximate surface area is 123 Å². The van der Waals surface area contributed by atoms with Crippen LogP contribution in [0.5, 0.6) is 0 Å². The van der Waals surface area contributed by atoms with Crippen molar-refractivity contribution in [3.8, 4) is 0 Å². The van der Waals surface area contributed by atoms with Crippen LogP contribution in [0.15, 0.2) is 36.4 Å². The minimum absolute atomic E-state index is 0.301. The fourth-order valence-corrected chi connectivity index (χ4v) is 2.05. The maximum absolute atomic E-state index is 11.8. The predicted molar refractivity (Wildman–Crippen MR) is 82.4 cm³/mol. The zero-order chi connectivity index (χ0) is 14.8. The van der Waals surface area contributed by atoms with Crippen molar-refractivity contribution in [3.63, 3.8) is 0 Å². The molecule has 20 heavy (non-hydrogen) atoms. The molecule has 5 heteroatoms. The summed E-state index contributed by atoms with van der Waals surface area (Å²) < 4.78 is 4.69. The topological polar surface area (TPSA) is 55.4 Å². The second kappa shape index (κ2) is 9.20. The number of nitrogens with one attached hydrogen (secondary N) is 1. The van der Waals surface area contributed by atoms with Crippen molar-refractivity contribution in [2.24, 2.45) is 0 Å². The van der Waals surface area contributed by atoms with Gasteiger partial charge >= 0.3 is 5.97 Å². The van der Waals surface area contributed by atoms with E-state index in [2.05, 4.69) is 10.1 Å². The van der Waals surface area contributed by atoms with Gasteiger partial charge in [-0.2, -0.15) is 11.8 Å². The van der Waals surface area contributed by atoms with Crippen LogP contribution in [0.4, 0.5) is 0 Å². The number of carbonyl (C=O) groups excluding carboxylic acids is 2. The second-order valence-electron chi connectivity index (χ2n) is 4.11. The number of esters is 1. The number of ether oxygens (including phenoxy) is 1. The Morgan fingerprint density at radius 3 is 2.65 bits per heavy atom. The molecule has 1 amide bonds. The monoisotopic (exact) mass is 293 g/mol. The fraction of sp³-hybridized carbons (Fsp3) is 0.333. The van der Waals surface area contributed by atoms with E-state index < -0.39 is 12.0 Å². The number of carbonyl (C=O) groups is 2. The fourth-order valence-electron chi connectivity index (χ4n) is 1.58. The van der Waals surface area contributed by atoms with E-state index in [9.17, 15) is 9.59 Å². The molecule has 0 fully saturated rings. The van der Waals surface area contributed by atoms with Crippen molar-refractivity contribution in [3.05, 3.63) is 42.0 Å². The molecule has 0 spiro atoms. The third-order valence-electron chi connectivity index (χ3n) is 2.64. The molecule has 1 rings (SSSR count). The summed E-state index contributed by atoms with van der Waals surface area (Å²) in [6, 6.07) is 8.90. The van der Waals surface area contributed by atoms with Gasteiger partial charge in [0.1, 0.15) is 6.04 Å². The summed E-state index contributed by atoms with van der Waals surface area (Å²) in [4.78, 5) is 23.4. The summed E-state index contributed by atoms with van der Waals surface area (Å²) in [5.41, 5.74) is 0.932. The molecule has 0 aliphatic rings. The summed E-state index contributed by atoms with van der Waals surface area (Å²) in [5.74, 6) is 0.0634. The van der Waals surface area contributed by atoms with Crippen LogP contribution in [0.3, 0.4) is 0 Å². The number of amides is 1. The Hall–Kier alpha value is -1.75. The van der Waals surface area contributed by atoms with Gasteiger partial charge in [0.05, 0.1) is 7.11 Å². The molecule has 0 aliphatic carbocycles. The summed E-state index contributed by atoms with van der Waals surface area (Å²) in [7, 11) is 1.32. The van der Waals surface area contributed by atoms with Crippen LogP contribution in [-0.2, 0) is 14.3 Å². The molecule has 1 aromatic carbocycles. The van der Waals surface area contributed by atoms with Gasteiger partial charge in [0.2, 0.25) is 5.91 Å². The molecule has 0 aliphatic heterocycles. The normalized spacial score (nSPS) is 12.1. The Balaban J connectivity index is 2.57. The lowest BCUT2D eigenvalue weighted by atomic mass is 10.2. The molecule has 0 saturated heterocycles. The van der Waals surface area contributed by atoms with Crippen LogP contribution in [0.25, 0.3) is 6.08 Å². The van der Waals surface area contributed by atoms with Gasteiger partial charge in [-0.15, -0.1) is 0 Å². The third kappa shape index (κ3) is 5.93. The summed E-state index contributed by atoms with van der Waals surface area (Å²) in [6.45, 7) is 0. The number of rotatable bonds is 7. The van der Waals surface area contributed by atoms with Crippen molar-refractivity contribution in [2.75, 3.05) is 19.1 Å². The summed E-state index contributed by atoms with van der Waals surface area (Å²) in [5, 5.41) is 2.66. The molecule has 108 valence electrons. The van der Waals surface area contributed by atoms with Crippen LogP contribution < -0.4 is 5.32 Å². The highest BCUT2D eigenvalue weighted by atomic mass is 32.2. The molecule has 1 aromatic rings. The molecule has 0 radical (unpaired) electrons. The van der Waals surface area contributed by atoms with Gasteiger partial charge in [0.15, 0.2) is 0 Å². The first kappa shape index (κ1) is 16.3. The SMILES string of the molecule is COC(=O)C(CCSC)NC(=O)/C=C/c1ccccc1. The van der Waals surface area contributed by atoms with E-state index in [1.54, 1.807) is 17.8 Å². The maximum Gasteiger partial charge on any atom is 0.328 e. The molecule has 1 atom stereocenters. The van der Waals surface area contributed by atoms with Crippen LogP contribution in [0, 0.1) is 0 Å². The van der Waals surface area contributed by atoms with Crippen LogP contribution in [0.1, 0.15) is 12.0 Å². The van der Waals surface area contributed by atoms with Gasteiger partial charge in [-0.1, -0.05) is 30.3 Å². The molecule has 0 heterocycles. The van der Waals surface area contributed by atoms with E-state index in [4.69, 9.17) is 0 Å². The van der Waals surface area contributed by atoms with E-state index in [1.165, 1.54) is 13.2 Å². The Morgan fingerprint density at radius 1 is 1.35 bits per heavy atom. The van der Waals surface area contributed by atoms with E-state index >= 15 is 0 Å². The van der Waals surface area contributed by atoms with E-state index in [0.29, 0.717) is 6.42 Å². The molecular formula is C15H19NO3S. The zero-order valence-corrected chi connectivity index (χ0v) is 12.5. The number of methoxy groups -OCH3 is 1. The van der Waals surface area contributed by atoms with Crippen molar-refractivity contribution in [1.29, 1.82) is 0 Å². The van der Waals surface area contributed by atoms with Gasteiger partial charge in [0.25, 0.3) is 0 Å². The van der Waals surface area contributed by atoms with Gasteiger partial charge in [0, 0.05) is 6.08 Å². The van der Waals surface area contributed by atoms with Crippen molar-refractivity contribution < 1.29 is 14.3 Å². The van der Waals surface area contributed by atoms with Crippen molar-refractivity contribution >= 4 is 29.7 Å². The first-order chi connectivity index (χ1) is 9.67. The molecule has 4 nitrogen and oxygen atoms in total. The predicted octanol–water partition coefficient (Wildman–Crippen LogP) is 2.11. The Bertz CT molecular complexity index is 459. The number of thioether (sulfide) groups is 1. The van der Waals surface area contributed by atoms with E-state index in [-0.39, 0.29) is 5.91 Å². The molecule has 0 saturated carbocycles. The lowest BCUT2D eigenvalue weighted by Gasteiger charge is -2.14. The van der Waals surface area contributed by atoms with Gasteiger partial charge < -0.3 is 10.1 Å². The Morgan fingerprint density at radius 2 is 2.05 bits per heavy atom. The number of benzene rings is 1. The molecule has 1 unspecified atom stereocenters. The van der Waals surface area contributed by atoms with E-state index in [1.807, 2.05) is 36.6 Å². The second-order valence-corrected chi connectivity index (χ2v) is 5.10. The minimum atomic E-state index is -0.597. The van der Waals surface area contributed by atoms with Gasteiger partial charge in [-0.25, -0.2) is 4.79 Å². The van der Waals surface area contributed by atoms with Crippen molar-refractivity contribution in [1.82, 2.24) is 5.32 Å². The minimum Gasteiger partial charge on any atom is -0.467 e. The lowest BCUT2D eigenvalue weighted by Crippen LogP contribution is -2.41. The highest BCUT2D eigenvalue weighted by molar-refractivity contribution is 7.98. The first-order valence-corrected chi connectivity index (χ1v) is 7.67. The average Bonchev–Trinajstić information content (AvgIpc) is 2.49. The van der Waals surface area contributed by atoms with Crippen LogP contribution >= 0.6 is 11.8 Å². The highest BCUT2D eigenvalue weighted by Gasteiger charge is 2.19. The number of hydrogen-bond acceptors (Lipinski definition) is 4. The van der Waals surface area contributed by atoms with E-state index in [0.717, 1.165) is 11.3 Å². The third-order valence-corrected chi connectivity index (χ3v) is 3.28. The summed E-state index contributed by atoms with van der Waals surface area (Å²) in [6.07, 6.45) is 5.63. The Kier molecular flexibility index (Phi) is 7.50. The lowest BCUT2D eigenvalue weighted by molar-refractivity contribution is -0.144. The van der Waals surface area contributed by atoms with Crippen molar-refractivity contribution in [2.45, 2.75) is 12.5 Å². The van der Waals surface area contributed by atoms with Crippen LogP contribution in [-0.4, -0.2) is 37.0 Å². The quantitative estimate of drug-likeness (QED) is 0.618. The van der Waals surface area contributed by atoms with Crippen LogP contribution in [0.2, 0.25) is 0 Å². The molecule has 1 N–H and O–H groups in total. The molecule has 0 aromatic heterocycles. The van der Waals surface area contributed by atoms with Gasteiger partial charge in [-0.3, -0.25) is 4.79 Å². The molecular weight excluding hydrogens is 274 g/mol. The number of hydrogen-bond donors (Lipinski definition) is 1. The largest absolute Gasteiger partial charge is 0.467 e. The molecule has 0 bridgehead atoms. The summed E-state index contributed by atoms with van der Waals surface area (Å²) >= 11 is 1.62.